The van der Waals surface area contributed by atoms with Crippen molar-refractivity contribution >= 4 is 11.8 Å². The van der Waals surface area contributed by atoms with Crippen LogP contribution in [0.15, 0.2) is 24.4 Å². The van der Waals surface area contributed by atoms with E-state index in [9.17, 15) is 9.59 Å². The van der Waals surface area contributed by atoms with Crippen molar-refractivity contribution in [3.63, 3.8) is 0 Å². The van der Waals surface area contributed by atoms with Crippen molar-refractivity contribution in [1.82, 2.24) is 4.98 Å². The SMILES string of the molecule is O=C1CCC2(CC1)CC2C(=O)OCc1ccccn1. The van der Waals surface area contributed by atoms with Crippen LogP contribution in [0.3, 0.4) is 0 Å². The zero-order valence-electron chi connectivity index (χ0n) is 10.8. The number of Topliss-reactive ketones (excluding diaryl/α,β-unsaturated/α-hetero) is 1. The first-order chi connectivity index (χ1) is 9.20. The Morgan fingerprint density at radius 1 is 1.37 bits per heavy atom. The lowest BCUT2D eigenvalue weighted by molar-refractivity contribution is -0.148. The van der Waals surface area contributed by atoms with Gasteiger partial charge in [-0.2, -0.15) is 0 Å². The van der Waals surface area contributed by atoms with E-state index in [1.165, 1.54) is 0 Å². The summed E-state index contributed by atoms with van der Waals surface area (Å²) in [4.78, 5) is 27.4. The van der Waals surface area contributed by atoms with Crippen LogP contribution < -0.4 is 0 Å². The van der Waals surface area contributed by atoms with E-state index in [0.29, 0.717) is 18.6 Å². The van der Waals surface area contributed by atoms with E-state index in [1.807, 2.05) is 18.2 Å². The van der Waals surface area contributed by atoms with Crippen LogP contribution in [0.5, 0.6) is 0 Å². The number of hydrogen-bond donors (Lipinski definition) is 0. The molecule has 4 nitrogen and oxygen atoms in total. The van der Waals surface area contributed by atoms with Crippen molar-refractivity contribution in [2.45, 2.75) is 38.7 Å². The monoisotopic (exact) mass is 259 g/mol. The van der Waals surface area contributed by atoms with Gasteiger partial charge in [-0.05, 0) is 36.8 Å². The number of nitrogens with zero attached hydrogens (tertiary/aromatic N) is 1. The molecule has 2 fully saturated rings. The summed E-state index contributed by atoms with van der Waals surface area (Å²) in [6, 6.07) is 5.55. The van der Waals surface area contributed by atoms with E-state index < -0.39 is 0 Å². The lowest BCUT2D eigenvalue weighted by Gasteiger charge is -2.21. The Balaban J connectivity index is 1.51. The van der Waals surface area contributed by atoms with E-state index >= 15 is 0 Å². The highest BCUT2D eigenvalue weighted by atomic mass is 16.5. The second-order valence-corrected chi connectivity index (χ2v) is 5.59. The maximum absolute atomic E-state index is 12.0. The van der Waals surface area contributed by atoms with Gasteiger partial charge in [0.25, 0.3) is 0 Å². The molecule has 1 atom stereocenters. The molecule has 0 amide bonds. The standard InChI is InChI=1S/C15H17NO3/c17-12-4-6-15(7-5-12)9-13(15)14(18)19-10-11-3-1-2-8-16-11/h1-3,8,13H,4-7,9-10H2. The third-order valence-corrected chi connectivity index (χ3v) is 4.37. The molecule has 1 aromatic heterocycles. The predicted molar refractivity (Wildman–Crippen MR) is 68.0 cm³/mol. The number of ketones is 1. The lowest BCUT2D eigenvalue weighted by atomic mass is 9.84. The minimum atomic E-state index is -0.125. The predicted octanol–water partition coefficient (Wildman–Crippen LogP) is 2.27. The zero-order chi connectivity index (χ0) is 13.3. The first-order valence-corrected chi connectivity index (χ1v) is 6.78. The molecule has 100 valence electrons. The van der Waals surface area contributed by atoms with Gasteiger partial charge in [0.1, 0.15) is 12.4 Å². The lowest BCUT2D eigenvalue weighted by Crippen LogP contribution is -2.20. The van der Waals surface area contributed by atoms with Crippen molar-refractivity contribution in [2.24, 2.45) is 11.3 Å². The zero-order valence-corrected chi connectivity index (χ0v) is 10.8. The van der Waals surface area contributed by atoms with Crippen LogP contribution in [0, 0.1) is 11.3 Å². The van der Waals surface area contributed by atoms with E-state index in [-0.39, 0.29) is 23.9 Å². The molecule has 0 aliphatic heterocycles. The molecule has 2 aliphatic carbocycles. The van der Waals surface area contributed by atoms with Crippen molar-refractivity contribution in [3.05, 3.63) is 30.1 Å². The third kappa shape index (κ3) is 2.53. The van der Waals surface area contributed by atoms with Gasteiger partial charge in [0.15, 0.2) is 0 Å². The van der Waals surface area contributed by atoms with Crippen LogP contribution >= 0.6 is 0 Å². The Morgan fingerprint density at radius 3 is 2.84 bits per heavy atom. The van der Waals surface area contributed by atoms with Crippen LogP contribution in [0.2, 0.25) is 0 Å². The number of pyridine rings is 1. The molecular formula is C15H17NO3. The average Bonchev–Trinajstić information content (AvgIpc) is 3.15. The van der Waals surface area contributed by atoms with Gasteiger partial charge in [-0.25, -0.2) is 0 Å². The summed E-state index contributed by atoms with van der Waals surface area (Å²) in [5.41, 5.74) is 0.846. The number of rotatable bonds is 3. The molecule has 1 unspecified atom stereocenters. The van der Waals surface area contributed by atoms with Gasteiger partial charge in [-0.3, -0.25) is 14.6 Å². The summed E-state index contributed by atoms with van der Waals surface area (Å²) in [6.45, 7) is 0.241. The second kappa shape index (κ2) is 4.76. The topological polar surface area (TPSA) is 56.3 Å². The molecule has 3 rings (SSSR count). The molecule has 1 aromatic rings. The van der Waals surface area contributed by atoms with Crippen LogP contribution in [-0.2, 0) is 20.9 Å². The van der Waals surface area contributed by atoms with Gasteiger partial charge in [0, 0.05) is 19.0 Å². The molecule has 19 heavy (non-hydrogen) atoms. The van der Waals surface area contributed by atoms with Crippen LogP contribution in [0.1, 0.15) is 37.8 Å². The van der Waals surface area contributed by atoms with Crippen molar-refractivity contribution in [3.8, 4) is 0 Å². The van der Waals surface area contributed by atoms with Gasteiger partial charge < -0.3 is 4.74 Å². The highest BCUT2D eigenvalue weighted by Gasteiger charge is 2.59. The minimum Gasteiger partial charge on any atom is -0.459 e. The maximum Gasteiger partial charge on any atom is 0.309 e. The van der Waals surface area contributed by atoms with E-state index in [2.05, 4.69) is 4.98 Å². The Labute approximate surface area is 112 Å². The Hall–Kier alpha value is -1.71. The summed E-state index contributed by atoms with van der Waals surface area (Å²) < 4.78 is 5.32. The smallest absolute Gasteiger partial charge is 0.309 e. The van der Waals surface area contributed by atoms with Gasteiger partial charge >= 0.3 is 5.97 Å². The minimum absolute atomic E-state index is 0.00399. The van der Waals surface area contributed by atoms with Crippen molar-refractivity contribution < 1.29 is 14.3 Å². The van der Waals surface area contributed by atoms with Crippen LogP contribution in [-0.4, -0.2) is 16.7 Å². The molecular weight excluding hydrogens is 242 g/mol. The first-order valence-electron chi connectivity index (χ1n) is 6.78. The number of aromatic nitrogens is 1. The van der Waals surface area contributed by atoms with Gasteiger partial charge in [0.05, 0.1) is 11.6 Å². The quantitative estimate of drug-likeness (QED) is 0.781. The normalized spacial score (nSPS) is 24.2. The number of carbonyl (C=O) groups excluding carboxylic acids is 2. The molecule has 0 aromatic carbocycles. The van der Waals surface area contributed by atoms with Gasteiger partial charge in [0.2, 0.25) is 0 Å². The van der Waals surface area contributed by atoms with E-state index in [4.69, 9.17) is 4.74 Å². The number of esters is 1. The summed E-state index contributed by atoms with van der Waals surface area (Å²) in [5.74, 6) is 0.211. The maximum atomic E-state index is 12.0. The van der Waals surface area contributed by atoms with E-state index in [0.717, 1.165) is 25.0 Å². The number of ether oxygens (including phenoxy) is 1. The van der Waals surface area contributed by atoms with Crippen molar-refractivity contribution in [1.29, 1.82) is 0 Å². The van der Waals surface area contributed by atoms with Crippen LogP contribution in [0.25, 0.3) is 0 Å². The molecule has 1 spiro atoms. The number of carbonyl (C=O) groups is 2. The Kier molecular flexibility index (Phi) is 3.09. The molecule has 0 saturated heterocycles. The van der Waals surface area contributed by atoms with Crippen LogP contribution in [0.4, 0.5) is 0 Å². The highest BCUT2D eigenvalue weighted by Crippen LogP contribution is 2.61. The molecule has 2 saturated carbocycles. The molecule has 2 aliphatic rings. The fourth-order valence-corrected chi connectivity index (χ4v) is 2.99. The fraction of sp³-hybridized carbons (Fsp3) is 0.533. The fourth-order valence-electron chi connectivity index (χ4n) is 2.99. The third-order valence-electron chi connectivity index (χ3n) is 4.37. The molecule has 0 N–H and O–H groups in total. The largest absolute Gasteiger partial charge is 0.459 e. The van der Waals surface area contributed by atoms with Gasteiger partial charge in [-0.15, -0.1) is 0 Å². The molecule has 4 heteroatoms. The highest BCUT2D eigenvalue weighted by molar-refractivity contribution is 5.82. The average molecular weight is 259 g/mol. The Bertz CT molecular complexity index is 487. The summed E-state index contributed by atoms with van der Waals surface area (Å²) in [6.07, 6.45) is 5.55. The summed E-state index contributed by atoms with van der Waals surface area (Å²) in [5, 5.41) is 0. The Morgan fingerprint density at radius 2 is 2.16 bits per heavy atom. The molecule has 0 radical (unpaired) electrons. The molecule has 0 bridgehead atoms. The van der Waals surface area contributed by atoms with Crippen molar-refractivity contribution in [2.75, 3.05) is 0 Å². The molecule has 1 heterocycles. The number of hydrogen-bond acceptors (Lipinski definition) is 4. The first kappa shape index (κ1) is 12.3. The second-order valence-electron chi connectivity index (χ2n) is 5.59. The summed E-state index contributed by atoms with van der Waals surface area (Å²) in [7, 11) is 0. The van der Waals surface area contributed by atoms with E-state index in [1.54, 1.807) is 6.20 Å². The summed E-state index contributed by atoms with van der Waals surface area (Å²) >= 11 is 0. The van der Waals surface area contributed by atoms with Gasteiger partial charge in [-0.1, -0.05) is 6.07 Å².